The molecule has 1 atom stereocenters. The molecule has 1 heterocycles. The number of cyclic esters (lactones) is 1. The van der Waals surface area contributed by atoms with Crippen molar-refractivity contribution in [1.29, 1.82) is 0 Å². The number of ketones is 1. The second kappa shape index (κ2) is 8.56. The molecule has 6 nitrogen and oxygen atoms in total. The van der Waals surface area contributed by atoms with Crippen molar-refractivity contribution < 1.29 is 27.5 Å². The summed E-state index contributed by atoms with van der Waals surface area (Å²) in [7, 11) is -3.58. The van der Waals surface area contributed by atoms with Gasteiger partial charge in [0.1, 0.15) is 5.75 Å². The summed E-state index contributed by atoms with van der Waals surface area (Å²) in [4.78, 5) is 24.1. The molecular weight excluding hydrogens is 380 g/mol. The topological polar surface area (TPSA) is 86.7 Å². The molecule has 2 aromatic carbocycles. The van der Waals surface area contributed by atoms with Gasteiger partial charge in [0.15, 0.2) is 15.6 Å². The van der Waals surface area contributed by atoms with Crippen LogP contribution in [0.4, 0.5) is 0 Å². The summed E-state index contributed by atoms with van der Waals surface area (Å²) in [5.41, 5.74) is 1.29. The van der Waals surface area contributed by atoms with E-state index < -0.39 is 21.7 Å². The van der Waals surface area contributed by atoms with Crippen LogP contribution in [0.5, 0.6) is 5.75 Å². The molecule has 1 fully saturated rings. The van der Waals surface area contributed by atoms with E-state index in [1.807, 2.05) is 6.92 Å². The molecule has 0 amide bonds. The number of ether oxygens (including phenoxy) is 2. The van der Waals surface area contributed by atoms with E-state index in [1.165, 1.54) is 12.1 Å². The molecule has 1 aliphatic rings. The van der Waals surface area contributed by atoms with Crippen molar-refractivity contribution in [1.82, 2.24) is 0 Å². The average Bonchev–Trinajstić information content (AvgIpc) is 3.07. The summed E-state index contributed by atoms with van der Waals surface area (Å²) in [6.45, 7) is 2.72. The lowest BCUT2D eigenvalue weighted by atomic mass is 10.0. The predicted molar refractivity (Wildman–Crippen MR) is 103 cm³/mol. The first-order chi connectivity index (χ1) is 13.4. The zero-order chi connectivity index (χ0) is 20.1. The zero-order valence-corrected chi connectivity index (χ0v) is 16.4. The van der Waals surface area contributed by atoms with E-state index in [0.717, 1.165) is 5.56 Å². The molecule has 28 heavy (non-hydrogen) atoms. The van der Waals surface area contributed by atoms with Gasteiger partial charge in [0.25, 0.3) is 0 Å². The molecule has 0 saturated carbocycles. The minimum Gasteiger partial charge on any atom is -0.494 e. The Labute approximate surface area is 164 Å². The largest absolute Gasteiger partial charge is 0.494 e. The van der Waals surface area contributed by atoms with Gasteiger partial charge in [-0.05, 0) is 55.3 Å². The molecule has 0 unspecified atom stereocenters. The van der Waals surface area contributed by atoms with Gasteiger partial charge < -0.3 is 9.47 Å². The van der Waals surface area contributed by atoms with Crippen LogP contribution in [0, 0.1) is 5.92 Å². The fraction of sp³-hybridized carbons (Fsp3) is 0.333. The SMILES string of the molecule is CCOc1ccc(C(=O)Cc2ccc(S(=O)(=O)C[C@H]3CCOC3=O)cc2)cc1. The minimum atomic E-state index is -3.58. The van der Waals surface area contributed by atoms with Gasteiger partial charge in [0, 0.05) is 12.0 Å². The van der Waals surface area contributed by atoms with Gasteiger partial charge >= 0.3 is 5.97 Å². The second-order valence-corrected chi connectivity index (χ2v) is 8.67. The van der Waals surface area contributed by atoms with Crippen molar-refractivity contribution in [3.8, 4) is 5.75 Å². The van der Waals surface area contributed by atoms with Gasteiger partial charge in [0.05, 0.1) is 29.8 Å². The molecule has 7 heteroatoms. The smallest absolute Gasteiger partial charge is 0.310 e. The predicted octanol–water partition coefficient (Wildman–Crippen LogP) is 2.85. The number of carbonyl (C=O) groups is 2. The fourth-order valence-electron chi connectivity index (χ4n) is 3.06. The van der Waals surface area contributed by atoms with E-state index in [1.54, 1.807) is 36.4 Å². The summed E-state index contributed by atoms with van der Waals surface area (Å²) < 4.78 is 35.2. The van der Waals surface area contributed by atoms with Gasteiger partial charge in [-0.2, -0.15) is 0 Å². The minimum absolute atomic E-state index is 0.0626. The van der Waals surface area contributed by atoms with Crippen LogP contribution < -0.4 is 4.74 Å². The van der Waals surface area contributed by atoms with Crippen LogP contribution in [-0.2, 0) is 25.8 Å². The Bertz CT molecular complexity index is 945. The monoisotopic (exact) mass is 402 g/mol. The molecule has 3 rings (SSSR count). The zero-order valence-electron chi connectivity index (χ0n) is 15.6. The van der Waals surface area contributed by atoms with Crippen LogP contribution in [0.2, 0.25) is 0 Å². The summed E-state index contributed by atoms with van der Waals surface area (Å²) in [5, 5.41) is 0. The highest BCUT2D eigenvalue weighted by molar-refractivity contribution is 7.91. The van der Waals surface area contributed by atoms with E-state index >= 15 is 0 Å². The molecule has 0 radical (unpaired) electrons. The number of esters is 1. The Hall–Kier alpha value is -2.67. The molecule has 148 valence electrons. The summed E-state index contributed by atoms with van der Waals surface area (Å²) in [6, 6.07) is 13.2. The van der Waals surface area contributed by atoms with Crippen molar-refractivity contribution in [3.05, 3.63) is 59.7 Å². The van der Waals surface area contributed by atoms with E-state index in [9.17, 15) is 18.0 Å². The van der Waals surface area contributed by atoms with Crippen molar-refractivity contribution in [3.63, 3.8) is 0 Å². The first kappa shape index (κ1) is 20.1. The first-order valence-corrected chi connectivity index (χ1v) is 10.8. The van der Waals surface area contributed by atoms with E-state index in [2.05, 4.69) is 0 Å². The lowest BCUT2D eigenvalue weighted by Gasteiger charge is -2.09. The Balaban J connectivity index is 1.65. The lowest BCUT2D eigenvalue weighted by molar-refractivity contribution is -0.140. The molecule has 0 aliphatic carbocycles. The number of sulfone groups is 1. The highest BCUT2D eigenvalue weighted by Crippen LogP contribution is 2.22. The van der Waals surface area contributed by atoms with Crippen molar-refractivity contribution in [2.75, 3.05) is 19.0 Å². The Morgan fingerprint density at radius 3 is 2.36 bits per heavy atom. The van der Waals surface area contributed by atoms with Crippen LogP contribution in [0.3, 0.4) is 0 Å². The van der Waals surface area contributed by atoms with Gasteiger partial charge in [-0.3, -0.25) is 9.59 Å². The summed E-state index contributed by atoms with van der Waals surface area (Å²) in [6.07, 6.45) is 0.593. The van der Waals surface area contributed by atoms with E-state index in [4.69, 9.17) is 9.47 Å². The van der Waals surface area contributed by atoms with Crippen LogP contribution in [-0.4, -0.2) is 39.1 Å². The lowest BCUT2D eigenvalue weighted by Crippen LogP contribution is -2.20. The van der Waals surface area contributed by atoms with E-state index in [0.29, 0.717) is 24.3 Å². The number of hydrogen-bond donors (Lipinski definition) is 0. The Morgan fingerprint density at radius 1 is 1.11 bits per heavy atom. The highest BCUT2D eigenvalue weighted by Gasteiger charge is 2.32. The van der Waals surface area contributed by atoms with Crippen molar-refractivity contribution >= 4 is 21.6 Å². The standard InChI is InChI=1S/C21H22O6S/c1-2-26-18-7-5-16(6-8-18)20(22)13-15-3-9-19(10-4-15)28(24,25)14-17-11-12-27-21(17)23/h3-10,17H,2,11-14H2,1H3/t17-/m1/s1. The molecule has 0 bridgehead atoms. The van der Waals surface area contributed by atoms with Gasteiger partial charge in [-0.1, -0.05) is 12.1 Å². The summed E-state index contributed by atoms with van der Waals surface area (Å²) in [5.74, 6) is -0.671. The Morgan fingerprint density at radius 2 is 1.79 bits per heavy atom. The number of hydrogen-bond acceptors (Lipinski definition) is 6. The number of benzene rings is 2. The third-order valence-electron chi connectivity index (χ3n) is 4.60. The quantitative estimate of drug-likeness (QED) is 0.498. The van der Waals surface area contributed by atoms with Crippen LogP contribution >= 0.6 is 0 Å². The normalized spacial score (nSPS) is 16.6. The number of carbonyl (C=O) groups excluding carboxylic acids is 2. The van der Waals surface area contributed by atoms with Gasteiger partial charge in [-0.15, -0.1) is 0 Å². The number of rotatable bonds is 8. The van der Waals surface area contributed by atoms with Gasteiger partial charge in [0.2, 0.25) is 0 Å². The maximum atomic E-state index is 12.5. The third kappa shape index (κ3) is 4.78. The van der Waals surface area contributed by atoms with Crippen LogP contribution in [0.25, 0.3) is 0 Å². The number of Topliss-reactive ketones (excluding diaryl/α,β-unsaturated/α-hetero) is 1. The molecule has 0 spiro atoms. The van der Waals surface area contributed by atoms with E-state index in [-0.39, 0.29) is 29.5 Å². The second-order valence-electron chi connectivity index (χ2n) is 6.64. The first-order valence-electron chi connectivity index (χ1n) is 9.13. The maximum absolute atomic E-state index is 12.5. The molecule has 0 aromatic heterocycles. The van der Waals surface area contributed by atoms with Gasteiger partial charge in [-0.25, -0.2) is 8.42 Å². The third-order valence-corrected chi connectivity index (χ3v) is 6.43. The molecule has 1 aliphatic heterocycles. The fourth-order valence-corrected chi connectivity index (χ4v) is 4.63. The van der Waals surface area contributed by atoms with Crippen LogP contribution in [0.15, 0.2) is 53.4 Å². The molecular formula is C21H22O6S. The molecule has 1 saturated heterocycles. The summed E-state index contributed by atoms with van der Waals surface area (Å²) >= 11 is 0. The van der Waals surface area contributed by atoms with Crippen molar-refractivity contribution in [2.24, 2.45) is 5.92 Å². The maximum Gasteiger partial charge on any atom is 0.310 e. The molecule has 0 N–H and O–H groups in total. The van der Waals surface area contributed by atoms with Crippen LogP contribution in [0.1, 0.15) is 29.3 Å². The highest BCUT2D eigenvalue weighted by atomic mass is 32.2. The molecule has 2 aromatic rings. The average molecular weight is 402 g/mol. The Kier molecular flexibility index (Phi) is 6.14. The van der Waals surface area contributed by atoms with Crippen molar-refractivity contribution in [2.45, 2.75) is 24.7 Å².